The molecule has 28 heavy (non-hydrogen) atoms. The molecule has 2 aliphatic rings. The molecular formula is C20H17N5O3. The Hall–Kier alpha value is -3.73. The van der Waals surface area contributed by atoms with Crippen molar-refractivity contribution in [2.75, 3.05) is 26.8 Å². The van der Waals surface area contributed by atoms with Crippen LogP contribution in [0.4, 0.5) is 5.69 Å². The summed E-state index contributed by atoms with van der Waals surface area (Å²) >= 11 is 0. The molecule has 0 bridgehead atoms. The highest BCUT2D eigenvalue weighted by Crippen LogP contribution is 2.43. The molecule has 3 heterocycles. The maximum atomic E-state index is 12.7. The van der Waals surface area contributed by atoms with Crippen molar-refractivity contribution >= 4 is 23.1 Å². The third kappa shape index (κ3) is 3.07. The third-order valence-electron chi connectivity index (χ3n) is 4.53. The van der Waals surface area contributed by atoms with Gasteiger partial charge in [-0.15, -0.1) is 0 Å². The minimum absolute atomic E-state index is 0.0719. The van der Waals surface area contributed by atoms with E-state index in [-0.39, 0.29) is 18.8 Å². The Bertz CT molecular complexity index is 1020. The molecule has 0 fully saturated rings. The largest absolute Gasteiger partial charge is 0.491 e. The Morgan fingerprint density at radius 1 is 1.36 bits per heavy atom. The number of aromatic nitrogens is 1. The molecule has 4 rings (SSSR count). The van der Waals surface area contributed by atoms with E-state index in [4.69, 9.17) is 19.7 Å². The van der Waals surface area contributed by atoms with E-state index < -0.39 is 0 Å². The number of aliphatic imine (C=N–C) groups is 2. The van der Waals surface area contributed by atoms with Gasteiger partial charge in [0.1, 0.15) is 23.4 Å². The zero-order valence-electron chi connectivity index (χ0n) is 15.3. The summed E-state index contributed by atoms with van der Waals surface area (Å²) < 4.78 is 11.0. The number of fused-ring (bicyclic) bond motifs is 3. The highest BCUT2D eigenvalue weighted by Gasteiger charge is 2.33. The van der Waals surface area contributed by atoms with E-state index in [0.29, 0.717) is 41.7 Å². The minimum atomic E-state index is -0.0989. The molecule has 0 atom stereocenters. The molecule has 1 aromatic carbocycles. The first-order chi connectivity index (χ1) is 13.7. The Morgan fingerprint density at radius 3 is 3.00 bits per heavy atom. The zero-order chi connectivity index (χ0) is 19.5. The molecule has 0 N–H and O–H groups in total. The number of ketones is 1. The molecule has 0 aliphatic carbocycles. The number of nitriles is 1. The predicted molar refractivity (Wildman–Crippen MR) is 102 cm³/mol. The number of hydrogen-bond donors (Lipinski definition) is 0. The van der Waals surface area contributed by atoms with Crippen molar-refractivity contribution in [3.8, 4) is 17.6 Å². The van der Waals surface area contributed by atoms with Crippen molar-refractivity contribution in [1.29, 1.82) is 5.26 Å². The first-order valence-electron chi connectivity index (χ1n) is 8.77. The van der Waals surface area contributed by atoms with E-state index >= 15 is 0 Å². The second kappa shape index (κ2) is 7.48. The molecular weight excluding hydrogens is 358 g/mol. The fourth-order valence-electron chi connectivity index (χ4n) is 3.29. The van der Waals surface area contributed by atoms with Crippen LogP contribution >= 0.6 is 0 Å². The standard InChI is InChI=1S/C20H17N5O3/c1-27-19-16(28-10-6-21)5-4-14-18(19)24-17(25-9-8-23-20(14)25)11-15(26)13-3-2-7-22-12-13/h2-5,7,12H,8-11H2,1H3. The lowest BCUT2D eigenvalue weighted by Gasteiger charge is -2.28. The van der Waals surface area contributed by atoms with Crippen molar-refractivity contribution in [3.05, 3.63) is 47.8 Å². The summed E-state index contributed by atoms with van der Waals surface area (Å²) in [4.78, 5) is 28.0. The van der Waals surface area contributed by atoms with Gasteiger partial charge in [-0.1, -0.05) is 0 Å². The second-order valence-corrected chi connectivity index (χ2v) is 6.17. The quantitative estimate of drug-likeness (QED) is 0.719. The van der Waals surface area contributed by atoms with E-state index in [1.54, 1.807) is 30.6 Å². The Balaban J connectivity index is 1.75. The van der Waals surface area contributed by atoms with Crippen LogP contribution in [0.2, 0.25) is 0 Å². The second-order valence-electron chi connectivity index (χ2n) is 6.17. The summed E-state index contributed by atoms with van der Waals surface area (Å²) in [6, 6.07) is 9.01. The van der Waals surface area contributed by atoms with Gasteiger partial charge in [-0.25, -0.2) is 4.99 Å². The summed E-state index contributed by atoms with van der Waals surface area (Å²) in [5, 5.41) is 8.79. The number of rotatable bonds is 6. The lowest BCUT2D eigenvalue weighted by molar-refractivity contribution is 0.0998. The molecule has 0 saturated carbocycles. The number of nitrogens with zero attached hydrogens (tertiary/aromatic N) is 5. The summed E-state index contributed by atoms with van der Waals surface area (Å²) in [7, 11) is 1.52. The number of amidine groups is 2. The van der Waals surface area contributed by atoms with Crippen LogP contribution in [-0.2, 0) is 0 Å². The SMILES string of the molecule is COc1c(OCC#N)ccc2c1N=C(CC(=O)c1cccnc1)N1CCN=C21. The van der Waals surface area contributed by atoms with E-state index in [1.165, 1.54) is 7.11 Å². The molecule has 8 heteroatoms. The number of benzene rings is 1. The molecule has 0 spiro atoms. The zero-order valence-corrected chi connectivity index (χ0v) is 15.3. The molecule has 0 unspecified atom stereocenters. The van der Waals surface area contributed by atoms with E-state index in [9.17, 15) is 4.79 Å². The molecule has 0 saturated heterocycles. The van der Waals surface area contributed by atoms with Crippen LogP contribution in [-0.4, -0.2) is 54.1 Å². The van der Waals surface area contributed by atoms with Crippen molar-refractivity contribution in [1.82, 2.24) is 9.88 Å². The maximum Gasteiger partial charge on any atom is 0.187 e. The number of hydrogen-bond acceptors (Lipinski definition) is 8. The number of Topliss-reactive ketones (excluding diaryl/α,β-unsaturated/α-hetero) is 1. The number of pyridine rings is 1. The smallest absolute Gasteiger partial charge is 0.187 e. The average Bonchev–Trinajstić information content (AvgIpc) is 3.23. The Labute approximate surface area is 161 Å². The van der Waals surface area contributed by atoms with Crippen LogP contribution in [0, 0.1) is 11.3 Å². The summed E-state index contributed by atoms with van der Waals surface area (Å²) in [5.74, 6) is 2.15. The third-order valence-corrected chi connectivity index (χ3v) is 4.53. The van der Waals surface area contributed by atoms with Crippen LogP contribution < -0.4 is 9.47 Å². The lowest BCUT2D eigenvalue weighted by atomic mass is 10.0. The van der Waals surface area contributed by atoms with Gasteiger partial charge < -0.3 is 14.4 Å². The van der Waals surface area contributed by atoms with Gasteiger partial charge in [-0.05, 0) is 24.3 Å². The highest BCUT2D eigenvalue weighted by atomic mass is 16.5. The van der Waals surface area contributed by atoms with E-state index in [1.807, 2.05) is 17.0 Å². The van der Waals surface area contributed by atoms with Crippen molar-refractivity contribution < 1.29 is 14.3 Å². The average molecular weight is 375 g/mol. The van der Waals surface area contributed by atoms with Gasteiger partial charge in [0.25, 0.3) is 0 Å². The summed E-state index contributed by atoms with van der Waals surface area (Å²) in [5.41, 5.74) is 1.91. The minimum Gasteiger partial charge on any atom is -0.491 e. The molecule has 2 aliphatic heterocycles. The van der Waals surface area contributed by atoms with Gasteiger partial charge in [0.05, 0.1) is 20.1 Å². The number of carbonyl (C=O) groups is 1. The summed E-state index contributed by atoms with van der Waals surface area (Å²) in [6.07, 6.45) is 3.30. The number of carbonyl (C=O) groups excluding carboxylic acids is 1. The van der Waals surface area contributed by atoms with Gasteiger partial charge in [0.15, 0.2) is 23.9 Å². The van der Waals surface area contributed by atoms with Gasteiger partial charge >= 0.3 is 0 Å². The van der Waals surface area contributed by atoms with Crippen LogP contribution in [0.25, 0.3) is 0 Å². The molecule has 2 aromatic rings. The number of methoxy groups -OCH3 is 1. The number of ether oxygens (including phenoxy) is 2. The first kappa shape index (κ1) is 17.7. The van der Waals surface area contributed by atoms with E-state index in [0.717, 1.165) is 11.4 Å². The first-order valence-corrected chi connectivity index (χ1v) is 8.77. The van der Waals surface area contributed by atoms with Crippen molar-refractivity contribution in [2.45, 2.75) is 6.42 Å². The molecule has 0 amide bonds. The van der Waals surface area contributed by atoms with Crippen LogP contribution in [0.5, 0.6) is 11.5 Å². The van der Waals surface area contributed by atoms with Gasteiger partial charge in [0, 0.05) is 30.1 Å². The molecule has 8 nitrogen and oxygen atoms in total. The fourth-order valence-corrected chi connectivity index (χ4v) is 3.29. The maximum absolute atomic E-state index is 12.7. The Kier molecular flexibility index (Phi) is 4.72. The predicted octanol–water partition coefficient (Wildman–Crippen LogP) is 2.37. The topological polar surface area (TPSA) is 100 Å². The normalized spacial score (nSPS) is 14.4. The molecule has 1 aromatic heterocycles. The molecule has 140 valence electrons. The fraction of sp³-hybridized carbons (Fsp3) is 0.250. The van der Waals surface area contributed by atoms with Gasteiger partial charge in [-0.2, -0.15) is 5.26 Å². The lowest BCUT2D eigenvalue weighted by Crippen LogP contribution is -2.38. The van der Waals surface area contributed by atoms with Gasteiger partial charge in [0.2, 0.25) is 0 Å². The highest BCUT2D eigenvalue weighted by molar-refractivity contribution is 6.21. The van der Waals surface area contributed by atoms with Crippen molar-refractivity contribution in [3.63, 3.8) is 0 Å². The van der Waals surface area contributed by atoms with Crippen molar-refractivity contribution in [2.24, 2.45) is 9.98 Å². The summed E-state index contributed by atoms with van der Waals surface area (Å²) in [6.45, 7) is 1.20. The monoisotopic (exact) mass is 375 g/mol. The van der Waals surface area contributed by atoms with Crippen LogP contribution in [0.1, 0.15) is 22.3 Å². The van der Waals surface area contributed by atoms with Crippen LogP contribution in [0.3, 0.4) is 0 Å². The van der Waals surface area contributed by atoms with Gasteiger partial charge in [-0.3, -0.25) is 14.8 Å². The Morgan fingerprint density at radius 2 is 2.25 bits per heavy atom. The van der Waals surface area contributed by atoms with Crippen LogP contribution in [0.15, 0.2) is 46.6 Å². The molecule has 0 radical (unpaired) electrons. The van der Waals surface area contributed by atoms with E-state index in [2.05, 4.69) is 9.98 Å².